The van der Waals surface area contributed by atoms with Crippen molar-refractivity contribution in [3.05, 3.63) is 21.6 Å². The Morgan fingerprint density at radius 2 is 2.21 bits per heavy atom. The summed E-state index contributed by atoms with van der Waals surface area (Å²) in [6.07, 6.45) is 4.46. The Kier molecular flexibility index (Phi) is 4.49. The third-order valence-electron chi connectivity index (χ3n) is 3.09. The molecule has 1 aliphatic rings. The molecule has 0 amide bonds. The minimum Gasteiger partial charge on any atom is -0.469 e. The van der Waals surface area contributed by atoms with E-state index in [1.54, 1.807) is 7.11 Å². The van der Waals surface area contributed by atoms with Crippen LogP contribution in [0.3, 0.4) is 0 Å². The summed E-state index contributed by atoms with van der Waals surface area (Å²) in [5, 5.41) is 10.8. The zero-order valence-electron chi connectivity index (χ0n) is 10.4. The second-order valence-corrected chi connectivity index (χ2v) is 4.69. The number of hydrogen-bond acceptors (Lipinski definition) is 6. The maximum absolute atomic E-state index is 10.9. The van der Waals surface area contributed by atoms with E-state index in [1.165, 1.54) is 0 Å². The minimum absolute atomic E-state index is 0.0697. The molecule has 104 valence electrons. The van der Waals surface area contributed by atoms with Crippen LogP contribution in [0.25, 0.3) is 0 Å². The first kappa shape index (κ1) is 14.0. The topological polar surface area (TPSA) is 87.4 Å². The lowest BCUT2D eigenvalue weighted by Gasteiger charge is -2.28. The van der Waals surface area contributed by atoms with Crippen LogP contribution in [0.4, 0.5) is 5.69 Å². The number of aromatic nitrogens is 2. The van der Waals surface area contributed by atoms with Gasteiger partial charge < -0.3 is 9.47 Å². The van der Waals surface area contributed by atoms with Gasteiger partial charge in [0.1, 0.15) is 12.3 Å². The molecule has 2 atom stereocenters. The highest BCUT2D eigenvalue weighted by Crippen LogP contribution is 2.29. The van der Waals surface area contributed by atoms with Crippen molar-refractivity contribution in [1.29, 1.82) is 0 Å². The van der Waals surface area contributed by atoms with E-state index in [-0.39, 0.29) is 29.1 Å². The molecule has 1 aromatic rings. The molecule has 0 radical (unpaired) electrons. The van der Waals surface area contributed by atoms with Gasteiger partial charge in [0.2, 0.25) is 5.28 Å². The molecule has 1 aromatic heterocycles. The van der Waals surface area contributed by atoms with Crippen molar-refractivity contribution >= 4 is 17.3 Å². The highest BCUT2D eigenvalue weighted by Gasteiger charge is 2.27. The molecule has 8 heteroatoms. The Balaban J connectivity index is 2.13. The van der Waals surface area contributed by atoms with Crippen LogP contribution in [0.15, 0.2) is 6.20 Å². The molecule has 2 unspecified atom stereocenters. The van der Waals surface area contributed by atoms with Gasteiger partial charge >= 0.3 is 5.69 Å². The van der Waals surface area contributed by atoms with Crippen molar-refractivity contribution in [3.63, 3.8) is 0 Å². The lowest BCUT2D eigenvalue weighted by molar-refractivity contribution is -0.386. The van der Waals surface area contributed by atoms with Crippen LogP contribution < -0.4 is 4.74 Å². The minimum atomic E-state index is -0.581. The Morgan fingerprint density at radius 3 is 2.89 bits per heavy atom. The smallest absolute Gasteiger partial charge is 0.349 e. The van der Waals surface area contributed by atoms with Crippen molar-refractivity contribution in [3.8, 4) is 5.88 Å². The van der Waals surface area contributed by atoms with Gasteiger partial charge in [-0.15, -0.1) is 0 Å². The number of rotatable bonds is 4. The van der Waals surface area contributed by atoms with E-state index < -0.39 is 4.92 Å². The summed E-state index contributed by atoms with van der Waals surface area (Å²) >= 11 is 5.65. The second-order valence-electron chi connectivity index (χ2n) is 4.35. The predicted molar refractivity (Wildman–Crippen MR) is 67.4 cm³/mol. The first-order valence-corrected chi connectivity index (χ1v) is 6.34. The van der Waals surface area contributed by atoms with E-state index in [4.69, 9.17) is 21.1 Å². The molecule has 0 aromatic carbocycles. The fraction of sp³-hybridized carbons (Fsp3) is 0.636. The number of hydrogen-bond donors (Lipinski definition) is 0. The van der Waals surface area contributed by atoms with Gasteiger partial charge in [0.15, 0.2) is 0 Å². The van der Waals surface area contributed by atoms with Gasteiger partial charge in [0, 0.05) is 13.5 Å². The highest BCUT2D eigenvalue weighted by molar-refractivity contribution is 6.28. The van der Waals surface area contributed by atoms with Gasteiger partial charge in [-0.05, 0) is 30.9 Å². The lowest BCUT2D eigenvalue weighted by Crippen LogP contribution is -2.30. The monoisotopic (exact) mass is 287 g/mol. The first-order valence-electron chi connectivity index (χ1n) is 5.96. The molecule has 19 heavy (non-hydrogen) atoms. The van der Waals surface area contributed by atoms with Crippen LogP contribution in [0, 0.1) is 10.1 Å². The zero-order chi connectivity index (χ0) is 13.8. The van der Waals surface area contributed by atoms with Gasteiger partial charge in [0.25, 0.3) is 5.88 Å². The molecule has 0 bridgehead atoms. The van der Waals surface area contributed by atoms with Crippen molar-refractivity contribution in [2.45, 2.75) is 37.9 Å². The van der Waals surface area contributed by atoms with Gasteiger partial charge in [-0.25, -0.2) is 4.98 Å². The first-order chi connectivity index (χ1) is 9.10. The summed E-state index contributed by atoms with van der Waals surface area (Å²) < 4.78 is 10.9. The summed E-state index contributed by atoms with van der Waals surface area (Å²) in [4.78, 5) is 17.7. The highest BCUT2D eigenvalue weighted by atomic mass is 35.5. The van der Waals surface area contributed by atoms with Crippen molar-refractivity contribution in [2.24, 2.45) is 0 Å². The van der Waals surface area contributed by atoms with E-state index in [9.17, 15) is 10.1 Å². The molecule has 0 N–H and O–H groups in total. The van der Waals surface area contributed by atoms with Crippen LogP contribution >= 0.6 is 11.6 Å². The van der Waals surface area contributed by atoms with Gasteiger partial charge in [-0.1, -0.05) is 0 Å². The Labute approximate surface area is 115 Å². The van der Waals surface area contributed by atoms with E-state index in [2.05, 4.69) is 9.97 Å². The fourth-order valence-electron chi connectivity index (χ4n) is 2.13. The third-order valence-corrected chi connectivity index (χ3v) is 3.27. The molecule has 0 spiro atoms. The van der Waals surface area contributed by atoms with E-state index in [1.807, 2.05) is 0 Å². The summed E-state index contributed by atoms with van der Waals surface area (Å²) in [6, 6.07) is 0. The van der Waals surface area contributed by atoms with E-state index in [0.717, 1.165) is 25.5 Å². The van der Waals surface area contributed by atoms with Crippen LogP contribution in [0.1, 0.15) is 25.7 Å². The number of nitrogens with zero attached hydrogens (tertiary/aromatic N) is 3. The zero-order valence-corrected chi connectivity index (χ0v) is 11.2. The lowest BCUT2D eigenvalue weighted by atomic mass is 9.95. The van der Waals surface area contributed by atoms with Gasteiger partial charge in [-0.3, -0.25) is 10.1 Å². The van der Waals surface area contributed by atoms with Gasteiger partial charge in [0.05, 0.1) is 11.0 Å². The maximum atomic E-state index is 10.9. The summed E-state index contributed by atoms with van der Waals surface area (Å²) in [7, 11) is 1.65. The number of halogens is 1. The van der Waals surface area contributed by atoms with Crippen molar-refractivity contribution in [2.75, 3.05) is 7.11 Å². The number of nitro groups is 1. The molecule has 1 heterocycles. The summed E-state index contributed by atoms with van der Waals surface area (Å²) in [6.45, 7) is 0. The molecule has 1 saturated carbocycles. The predicted octanol–water partition coefficient (Wildman–Crippen LogP) is 2.37. The quantitative estimate of drug-likeness (QED) is 0.480. The average molecular weight is 288 g/mol. The Bertz CT molecular complexity index is 471. The Hall–Kier alpha value is -1.47. The molecule has 1 aliphatic carbocycles. The average Bonchev–Trinajstić information content (AvgIpc) is 2.38. The second kappa shape index (κ2) is 6.12. The van der Waals surface area contributed by atoms with Crippen molar-refractivity contribution in [1.82, 2.24) is 9.97 Å². The van der Waals surface area contributed by atoms with E-state index >= 15 is 0 Å². The molecule has 1 fully saturated rings. The molecule has 0 saturated heterocycles. The molecule has 2 rings (SSSR count). The summed E-state index contributed by atoms with van der Waals surface area (Å²) in [5.74, 6) is -0.0771. The SMILES string of the molecule is COC1CCCC(Oc2nc(Cl)ncc2[N+](=O)[O-])C1. The van der Waals surface area contributed by atoms with Crippen LogP contribution in [0.2, 0.25) is 5.28 Å². The van der Waals surface area contributed by atoms with Gasteiger partial charge in [-0.2, -0.15) is 4.98 Å². The largest absolute Gasteiger partial charge is 0.469 e. The molecular formula is C11H14ClN3O4. The van der Waals surface area contributed by atoms with E-state index in [0.29, 0.717) is 6.42 Å². The third kappa shape index (κ3) is 3.51. The molecule has 7 nitrogen and oxygen atoms in total. The normalized spacial score (nSPS) is 23.1. The standard InChI is InChI=1S/C11H14ClN3O4/c1-18-7-3-2-4-8(5-7)19-10-9(15(16)17)6-13-11(12)14-10/h6-8H,2-5H2,1H3. The number of ether oxygens (including phenoxy) is 2. The van der Waals surface area contributed by atoms with Crippen LogP contribution in [-0.2, 0) is 4.74 Å². The number of methoxy groups -OCH3 is 1. The van der Waals surface area contributed by atoms with Crippen LogP contribution in [-0.4, -0.2) is 34.2 Å². The fourth-order valence-corrected chi connectivity index (χ4v) is 2.26. The molecular weight excluding hydrogens is 274 g/mol. The molecule has 0 aliphatic heterocycles. The van der Waals surface area contributed by atoms with Crippen molar-refractivity contribution < 1.29 is 14.4 Å². The van der Waals surface area contributed by atoms with Crippen LogP contribution in [0.5, 0.6) is 5.88 Å². The summed E-state index contributed by atoms with van der Waals surface area (Å²) in [5.41, 5.74) is -0.274. The maximum Gasteiger partial charge on any atom is 0.349 e. The Morgan fingerprint density at radius 1 is 1.47 bits per heavy atom.